The Bertz CT molecular complexity index is 414. The highest BCUT2D eigenvalue weighted by atomic mass is 16.4. The predicted molar refractivity (Wildman–Crippen MR) is 67.3 cm³/mol. The molecule has 1 aromatic rings. The maximum Gasteiger partial charge on any atom is 0.315 e. The number of carboxylic acid groups (broad SMARTS) is 1. The molecule has 0 aliphatic carbocycles. The van der Waals surface area contributed by atoms with Crippen LogP contribution in [0.4, 0.5) is 4.79 Å². The fourth-order valence-electron chi connectivity index (χ4n) is 1.67. The van der Waals surface area contributed by atoms with E-state index in [0.29, 0.717) is 18.7 Å². The van der Waals surface area contributed by atoms with Gasteiger partial charge < -0.3 is 15.7 Å². The lowest BCUT2D eigenvalue weighted by Crippen LogP contribution is -2.45. The highest BCUT2D eigenvalue weighted by Crippen LogP contribution is 2.25. The van der Waals surface area contributed by atoms with Crippen LogP contribution in [0, 0.1) is 5.41 Å². The zero-order chi connectivity index (χ0) is 14.3. The van der Waals surface area contributed by atoms with E-state index in [1.54, 1.807) is 13.8 Å². The molecule has 1 rings (SSSR count). The third-order valence-electron chi connectivity index (χ3n) is 3.28. The van der Waals surface area contributed by atoms with Gasteiger partial charge in [0, 0.05) is 6.54 Å². The van der Waals surface area contributed by atoms with E-state index >= 15 is 0 Å². The first-order valence-corrected chi connectivity index (χ1v) is 6.13. The number of urea groups is 1. The number of aliphatic carboxylic acids is 1. The van der Waals surface area contributed by atoms with Crippen molar-refractivity contribution >= 4 is 12.0 Å². The van der Waals surface area contributed by atoms with Crippen molar-refractivity contribution in [2.45, 2.75) is 33.2 Å². The van der Waals surface area contributed by atoms with Crippen LogP contribution >= 0.6 is 0 Å². The fraction of sp³-hybridized carbons (Fsp3) is 0.636. The third kappa shape index (κ3) is 3.94. The van der Waals surface area contributed by atoms with Crippen LogP contribution in [0.5, 0.6) is 0 Å². The molecule has 0 aliphatic rings. The molecule has 0 spiro atoms. The molecule has 0 fully saturated rings. The molecule has 4 N–H and O–H groups in total. The Kier molecular flexibility index (Phi) is 5.28. The molecule has 0 atom stereocenters. The summed E-state index contributed by atoms with van der Waals surface area (Å²) in [6, 6.07) is -0.427. The molecule has 0 unspecified atom stereocenters. The molecule has 1 aromatic heterocycles. The standard InChI is InChI=1S/C11H19N5O3/c1-3-11(4-2,9(17)18)6-13-10(19)12-5-8-14-7-15-16-8/h7H,3-6H2,1-2H3,(H,17,18)(H2,12,13,19)(H,14,15,16). The lowest BCUT2D eigenvalue weighted by molar-refractivity contribution is -0.149. The Morgan fingerprint density at radius 2 is 2.05 bits per heavy atom. The number of rotatable bonds is 7. The Hall–Kier alpha value is -2.12. The number of hydrogen-bond donors (Lipinski definition) is 4. The molecule has 2 amide bonds. The average Bonchev–Trinajstić information content (AvgIpc) is 2.91. The summed E-state index contributed by atoms with van der Waals surface area (Å²) in [6.07, 6.45) is 2.26. The second-order valence-corrected chi connectivity index (χ2v) is 4.26. The van der Waals surface area contributed by atoms with Gasteiger partial charge in [-0.1, -0.05) is 13.8 Å². The molecular formula is C11H19N5O3. The minimum atomic E-state index is -0.913. The molecule has 0 aromatic carbocycles. The zero-order valence-corrected chi connectivity index (χ0v) is 11.1. The van der Waals surface area contributed by atoms with E-state index in [-0.39, 0.29) is 13.1 Å². The number of aromatic amines is 1. The summed E-state index contributed by atoms with van der Waals surface area (Å²) in [7, 11) is 0. The van der Waals surface area contributed by atoms with E-state index < -0.39 is 17.4 Å². The molecule has 8 nitrogen and oxygen atoms in total. The van der Waals surface area contributed by atoms with E-state index in [4.69, 9.17) is 0 Å². The molecule has 19 heavy (non-hydrogen) atoms. The minimum Gasteiger partial charge on any atom is -0.481 e. The summed E-state index contributed by atoms with van der Waals surface area (Å²) in [4.78, 5) is 26.7. The predicted octanol–water partition coefficient (Wildman–Crippen LogP) is 0.495. The molecule has 106 valence electrons. The number of carboxylic acids is 1. The van der Waals surface area contributed by atoms with Crippen LogP contribution in [0.2, 0.25) is 0 Å². The van der Waals surface area contributed by atoms with Gasteiger partial charge in [0.25, 0.3) is 0 Å². The largest absolute Gasteiger partial charge is 0.481 e. The van der Waals surface area contributed by atoms with E-state index in [1.807, 2.05) is 0 Å². The lowest BCUT2D eigenvalue weighted by atomic mass is 9.82. The van der Waals surface area contributed by atoms with Gasteiger partial charge in [0.15, 0.2) is 0 Å². The van der Waals surface area contributed by atoms with Gasteiger partial charge in [-0.15, -0.1) is 0 Å². The van der Waals surface area contributed by atoms with Gasteiger partial charge in [0.1, 0.15) is 12.2 Å². The Balaban J connectivity index is 2.42. The van der Waals surface area contributed by atoms with Crippen LogP contribution < -0.4 is 10.6 Å². The molecule has 0 saturated heterocycles. The maximum atomic E-state index is 11.6. The van der Waals surface area contributed by atoms with E-state index in [9.17, 15) is 14.7 Å². The van der Waals surface area contributed by atoms with Crippen molar-refractivity contribution in [3.8, 4) is 0 Å². The zero-order valence-electron chi connectivity index (χ0n) is 11.1. The van der Waals surface area contributed by atoms with Crippen LogP contribution in [-0.2, 0) is 11.3 Å². The number of nitrogens with one attached hydrogen (secondary N) is 3. The second kappa shape index (κ2) is 6.72. The number of carbonyl (C=O) groups is 2. The number of carbonyl (C=O) groups excluding carboxylic acids is 1. The van der Waals surface area contributed by atoms with E-state index in [2.05, 4.69) is 25.8 Å². The molecule has 0 radical (unpaired) electrons. The number of aromatic nitrogens is 3. The summed E-state index contributed by atoms with van der Waals surface area (Å²) < 4.78 is 0. The van der Waals surface area contributed by atoms with Gasteiger partial charge in [0.05, 0.1) is 12.0 Å². The number of H-pyrrole nitrogens is 1. The number of nitrogens with zero attached hydrogens (tertiary/aromatic N) is 2. The van der Waals surface area contributed by atoms with Crippen molar-refractivity contribution in [3.05, 3.63) is 12.2 Å². The van der Waals surface area contributed by atoms with Crippen LogP contribution in [0.15, 0.2) is 6.33 Å². The summed E-state index contributed by atoms with van der Waals surface area (Å²) in [5.41, 5.74) is -0.913. The van der Waals surface area contributed by atoms with Gasteiger partial charge >= 0.3 is 12.0 Å². The van der Waals surface area contributed by atoms with Crippen molar-refractivity contribution in [1.29, 1.82) is 0 Å². The quantitative estimate of drug-likeness (QED) is 0.574. The second-order valence-electron chi connectivity index (χ2n) is 4.26. The van der Waals surface area contributed by atoms with E-state index in [1.165, 1.54) is 6.33 Å². The van der Waals surface area contributed by atoms with Crippen molar-refractivity contribution in [1.82, 2.24) is 25.8 Å². The minimum absolute atomic E-state index is 0.0948. The SMILES string of the molecule is CCC(CC)(CNC(=O)NCc1ncn[nH]1)C(=O)O. The topological polar surface area (TPSA) is 120 Å². The first-order valence-electron chi connectivity index (χ1n) is 6.13. The summed E-state index contributed by atoms with van der Waals surface area (Å²) in [6.45, 7) is 3.90. The Morgan fingerprint density at radius 1 is 1.37 bits per heavy atom. The van der Waals surface area contributed by atoms with Crippen LogP contribution in [0.1, 0.15) is 32.5 Å². The van der Waals surface area contributed by atoms with Crippen molar-refractivity contribution in [2.24, 2.45) is 5.41 Å². The molecular weight excluding hydrogens is 250 g/mol. The number of hydrogen-bond acceptors (Lipinski definition) is 4. The first-order chi connectivity index (χ1) is 9.04. The molecule has 0 bridgehead atoms. The van der Waals surface area contributed by atoms with Gasteiger partial charge in [-0.25, -0.2) is 9.78 Å². The first kappa shape index (κ1) is 14.9. The monoisotopic (exact) mass is 269 g/mol. The van der Waals surface area contributed by atoms with E-state index in [0.717, 1.165) is 0 Å². The fourth-order valence-corrected chi connectivity index (χ4v) is 1.67. The van der Waals surface area contributed by atoms with Crippen molar-refractivity contribution < 1.29 is 14.7 Å². The molecule has 0 aliphatic heterocycles. The van der Waals surface area contributed by atoms with Gasteiger partial charge in [0.2, 0.25) is 0 Å². The van der Waals surface area contributed by atoms with Gasteiger partial charge in [-0.2, -0.15) is 5.10 Å². The molecule has 8 heteroatoms. The summed E-state index contributed by atoms with van der Waals surface area (Å²) >= 11 is 0. The Labute approximate surface area is 111 Å². The van der Waals surface area contributed by atoms with Crippen molar-refractivity contribution in [3.63, 3.8) is 0 Å². The Morgan fingerprint density at radius 3 is 2.53 bits per heavy atom. The molecule has 0 saturated carbocycles. The summed E-state index contributed by atoms with van der Waals surface area (Å²) in [5, 5.41) is 20.6. The lowest BCUT2D eigenvalue weighted by Gasteiger charge is -2.26. The number of amides is 2. The van der Waals surface area contributed by atoms with Crippen LogP contribution in [-0.4, -0.2) is 38.8 Å². The van der Waals surface area contributed by atoms with Gasteiger partial charge in [-0.3, -0.25) is 9.89 Å². The van der Waals surface area contributed by atoms with Crippen LogP contribution in [0.25, 0.3) is 0 Å². The van der Waals surface area contributed by atoms with Crippen molar-refractivity contribution in [2.75, 3.05) is 6.54 Å². The maximum absolute atomic E-state index is 11.6. The highest BCUT2D eigenvalue weighted by molar-refractivity contribution is 5.78. The average molecular weight is 269 g/mol. The molecule has 1 heterocycles. The highest BCUT2D eigenvalue weighted by Gasteiger charge is 2.35. The smallest absolute Gasteiger partial charge is 0.315 e. The van der Waals surface area contributed by atoms with Crippen LogP contribution in [0.3, 0.4) is 0 Å². The van der Waals surface area contributed by atoms with Gasteiger partial charge in [-0.05, 0) is 12.8 Å². The summed E-state index contributed by atoms with van der Waals surface area (Å²) in [5.74, 6) is -0.362. The third-order valence-corrected chi connectivity index (χ3v) is 3.28. The normalized spacial score (nSPS) is 11.1.